The van der Waals surface area contributed by atoms with Gasteiger partial charge in [0, 0.05) is 17.6 Å². The monoisotopic (exact) mass is 453 g/mol. The number of rotatable bonds is 7. The minimum absolute atomic E-state index is 0.00482. The Morgan fingerprint density at radius 3 is 2.03 bits per heavy atom. The molecule has 2 rings (SSSR count). The minimum atomic E-state index is -3.76. The van der Waals surface area contributed by atoms with Crippen LogP contribution in [0, 0.1) is 11.6 Å². The topological polar surface area (TPSA) is 95.6 Å². The van der Waals surface area contributed by atoms with Gasteiger partial charge in [-0.05, 0) is 64.1 Å². The van der Waals surface area contributed by atoms with Gasteiger partial charge in [-0.15, -0.1) is 0 Å². The van der Waals surface area contributed by atoms with E-state index in [9.17, 15) is 26.8 Å². The first-order valence-electron chi connectivity index (χ1n) is 9.51. The Balaban J connectivity index is 2.12. The van der Waals surface area contributed by atoms with Crippen LogP contribution in [0.1, 0.15) is 38.1 Å². The van der Waals surface area contributed by atoms with Crippen molar-refractivity contribution in [1.82, 2.24) is 9.62 Å². The summed E-state index contributed by atoms with van der Waals surface area (Å²) in [5.41, 5.74) is -1.09. The molecule has 0 unspecified atom stereocenters. The van der Waals surface area contributed by atoms with Crippen LogP contribution in [0.4, 0.5) is 14.5 Å². The number of carbonyl (C=O) groups excluding carboxylic acids is 2. The van der Waals surface area contributed by atoms with Crippen LogP contribution in [-0.2, 0) is 14.8 Å². The third-order valence-corrected chi connectivity index (χ3v) is 5.86. The molecule has 0 bridgehead atoms. The molecule has 0 saturated carbocycles. The molecule has 0 spiro atoms. The zero-order valence-electron chi connectivity index (χ0n) is 17.7. The first-order valence-corrected chi connectivity index (χ1v) is 11.0. The number of anilines is 1. The lowest BCUT2D eigenvalue weighted by molar-refractivity contribution is -0.116. The summed E-state index contributed by atoms with van der Waals surface area (Å²) < 4.78 is 54.7. The number of carbonyl (C=O) groups is 2. The number of nitrogens with zero attached hydrogens (tertiary/aromatic N) is 1. The van der Waals surface area contributed by atoms with Crippen LogP contribution in [-0.4, -0.2) is 43.8 Å². The van der Waals surface area contributed by atoms with Gasteiger partial charge in [-0.2, -0.15) is 0 Å². The van der Waals surface area contributed by atoms with E-state index >= 15 is 0 Å². The van der Waals surface area contributed by atoms with Gasteiger partial charge in [0.1, 0.15) is 23.9 Å². The van der Waals surface area contributed by atoms with Crippen LogP contribution < -0.4 is 10.0 Å². The highest BCUT2D eigenvalue weighted by Gasteiger charge is 2.23. The Kier molecular flexibility index (Phi) is 7.50. The lowest BCUT2D eigenvalue weighted by Gasteiger charge is -2.22. The molecular weight excluding hydrogens is 428 g/mol. The van der Waals surface area contributed by atoms with E-state index in [4.69, 9.17) is 0 Å². The molecule has 31 heavy (non-hydrogen) atoms. The zero-order valence-corrected chi connectivity index (χ0v) is 18.5. The third kappa shape index (κ3) is 6.56. The van der Waals surface area contributed by atoms with E-state index in [2.05, 4.69) is 10.0 Å². The number of likely N-dealkylation sites (N-methyl/N-ethyl adjacent to an activating group) is 1. The maximum absolute atomic E-state index is 13.7. The SMILES string of the molecule is CCN(CC(=O)Nc1c(F)cccc1F)C(=O)c1ccc(S(=O)(=O)NC(C)(C)C)cc1. The molecular formula is C21H25F2N3O4S. The molecule has 0 aliphatic carbocycles. The Morgan fingerprint density at radius 1 is 1.00 bits per heavy atom. The van der Waals surface area contributed by atoms with Crippen molar-refractivity contribution in [2.24, 2.45) is 0 Å². The predicted molar refractivity (Wildman–Crippen MR) is 113 cm³/mol. The number of halogens is 2. The second-order valence-electron chi connectivity index (χ2n) is 7.84. The van der Waals surface area contributed by atoms with E-state index in [1.807, 2.05) is 0 Å². The molecule has 0 fully saturated rings. The molecule has 0 saturated heterocycles. The minimum Gasteiger partial charge on any atom is -0.330 e. The Hall–Kier alpha value is -2.85. The summed E-state index contributed by atoms with van der Waals surface area (Å²) in [4.78, 5) is 26.1. The molecule has 0 aromatic heterocycles. The maximum Gasteiger partial charge on any atom is 0.254 e. The molecule has 2 amide bonds. The summed E-state index contributed by atoms with van der Waals surface area (Å²) in [6.45, 7) is 6.48. The number of benzene rings is 2. The summed E-state index contributed by atoms with van der Waals surface area (Å²) in [5, 5.41) is 2.13. The van der Waals surface area contributed by atoms with Gasteiger partial charge >= 0.3 is 0 Å². The largest absolute Gasteiger partial charge is 0.330 e. The number of para-hydroxylation sites is 1. The molecule has 10 heteroatoms. The number of hydrogen-bond acceptors (Lipinski definition) is 4. The highest BCUT2D eigenvalue weighted by Crippen LogP contribution is 2.18. The summed E-state index contributed by atoms with van der Waals surface area (Å²) >= 11 is 0. The van der Waals surface area contributed by atoms with E-state index < -0.39 is 51.2 Å². The molecule has 0 radical (unpaired) electrons. The van der Waals surface area contributed by atoms with Crippen LogP contribution >= 0.6 is 0 Å². The Morgan fingerprint density at radius 2 is 1.55 bits per heavy atom. The van der Waals surface area contributed by atoms with Gasteiger partial charge in [0.05, 0.1) is 4.90 Å². The fourth-order valence-corrected chi connectivity index (χ4v) is 4.14. The van der Waals surface area contributed by atoms with Gasteiger partial charge < -0.3 is 10.2 Å². The van der Waals surface area contributed by atoms with Crippen LogP contribution in [0.25, 0.3) is 0 Å². The van der Waals surface area contributed by atoms with E-state index in [1.165, 1.54) is 35.2 Å². The van der Waals surface area contributed by atoms with Crippen molar-refractivity contribution in [2.75, 3.05) is 18.4 Å². The normalized spacial score (nSPS) is 11.8. The van der Waals surface area contributed by atoms with Crippen molar-refractivity contribution in [3.8, 4) is 0 Å². The van der Waals surface area contributed by atoms with Crippen molar-refractivity contribution in [2.45, 2.75) is 38.1 Å². The summed E-state index contributed by atoms with van der Waals surface area (Å²) in [6, 6.07) is 8.46. The molecule has 0 atom stereocenters. The van der Waals surface area contributed by atoms with Gasteiger partial charge in [-0.1, -0.05) is 6.07 Å². The molecule has 0 aliphatic heterocycles. The highest BCUT2D eigenvalue weighted by atomic mass is 32.2. The lowest BCUT2D eigenvalue weighted by Crippen LogP contribution is -2.40. The average Bonchev–Trinajstić information content (AvgIpc) is 2.67. The van der Waals surface area contributed by atoms with Gasteiger partial charge in [0.15, 0.2) is 0 Å². The molecule has 2 aromatic carbocycles. The quantitative estimate of drug-likeness (QED) is 0.673. The smallest absolute Gasteiger partial charge is 0.254 e. The number of sulfonamides is 1. The van der Waals surface area contributed by atoms with Gasteiger partial charge in [-0.3, -0.25) is 9.59 Å². The van der Waals surface area contributed by atoms with E-state index in [0.29, 0.717) is 0 Å². The van der Waals surface area contributed by atoms with Gasteiger partial charge in [0.25, 0.3) is 5.91 Å². The van der Waals surface area contributed by atoms with E-state index in [-0.39, 0.29) is 17.0 Å². The van der Waals surface area contributed by atoms with Gasteiger partial charge in [0.2, 0.25) is 15.9 Å². The lowest BCUT2D eigenvalue weighted by atomic mass is 10.1. The summed E-state index contributed by atoms with van der Waals surface area (Å²) in [6.07, 6.45) is 0. The second-order valence-corrected chi connectivity index (χ2v) is 9.53. The Labute approximate surface area is 180 Å². The maximum atomic E-state index is 13.7. The average molecular weight is 454 g/mol. The summed E-state index contributed by atoms with van der Waals surface area (Å²) in [5.74, 6) is -3.15. The summed E-state index contributed by atoms with van der Waals surface area (Å²) in [7, 11) is -3.76. The first kappa shape index (κ1) is 24.4. The standard InChI is InChI=1S/C21H25F2N3O4S/c1-5-26(13-18(27)24-19-16(22)7-6-8-17(19)23)20(28)14-9-11-15(12-10-14)31(29,30)25-21(2,3)4/h6-12,25H,5,13H2,1-4H3,(H,24,27). The van der Waals surface area contributed by atoms with E-state index in [1.54, 1.807) is 27.7 Å². The van der Waals surface area contributed by atoms with Crippen molar-refractivity contribution < 1.29 is 26.8 Å². The molecule has 7 nitrogen and oxygen atoms in total. The van der Waals surface area contributed by atoms with Crippen molar-refractivity contribution in [3.63, 3.8) is 0 Å². The molecule has 2 N–H and O–H groups in total. The fourth-order valence-electron chi connectivity index (χ4n) is 2.72. The predicted octanol–water partition coefficient (Wildman–Crippen LogP) is 3.14. The van der Waals surface area contributed by atoms with Crippen LogP contribution in [0.15, 0.2) is 47.4 Å². The number of hydrogen-bond donors (Lipinski definition) is 2. The fraction of sp³-hybridized carbons (Fsp3) is 0.333. The number of amides is 2. The highest BCUT2D eigenvalue weighted by molar-refractivity contribution is 7.89. The van der Waals surface area contributed by atoms with Gasteiger partial charge in [-0.25, -0.2) is 21.9 Å². The second kappa shape index (κ2) is 9.52. The third-order valence-electron chi connectivity index (χ3n) is 4.08. The Bertz CT molecular complexity index is 1040. The molecule has 0 aliphatic rings. The molecule has 0 heterocycles. The van der Waals surface area contributed by atoms with Crippen molar-refractivity contribution in [1.29, 1.82) is 0 Å². The van der Waals surface area contributed by atoms with Crippen molar-refractivity contribution in [3.05, 3.63) is 59.7 Å². The van der Waals surface area contributed by atoms with Crippen molar-refractivity contribution >= 4 is 27.5 Å². The van der Waals surface area contributed by atoms with Crippen LogP contribution in [0.5, 0.6) is 0 Å². The van der Waals surface area contributed by atoms with Crippen LogP contribution in [0.3, 0.4) is 0 Å². The van der Waals surface area contributed by atoms with Crippen LogP contribution in [0.2, 0.25) is 0 Å². The molecule has 168 valence electrons. The zero-order chi connectivity index (χ0) is 23.4. The first-order chi connectivity index (χ1) is 14.3. The number of nitrogens with one attached hydrogen (secondary N) is 2. The molecule has 2 aromatic rings. The van der Waals surface area contributed by atoms with E-state index in [0.717, 1.165) is 12.1 Å².